The first-order chi connectivity index (χ1) is 10.8. The van der Waals surface area contributed by atoms with Gasteiger partial charge in [0.15, 0.2) is 23.3 Å². The van der Waals surface area contributed by atoms with Crippen molar-refractivity contribution in [3.05, 3.63) is 75.7 Å². The first-order valence-corrected chi connectivity index (χ1v) is 7.50. The van der Waals surface area contributed by atoms with Gasteiger partial charge in [0.1, 0.15) is 5.82 Å². The Kier molecular flexibility index (Phi) is 5.25. The molecule has 0 aliphatic carbocycles. The summed E-state index contributed by atoms with van der Waals surface area (Å²) in [5, 5.41) is 1.02. The van der Waals surface area contributed by atoms with Crippen molar-refractivity contribution in [1.82, 2.24) is 0 Å². The van der Waals surface area contributed by atoms with Crippen LogP contribution in [0.5, 0.6) is 0 Å². The molecule has 0 saturated heterocycles. The van der Waals surface area contributed by atoms with E-state index in [9.17, 15) is 30.6 Å². The fourth-order valence-corrected chi connectivity index (χ4v) is 2.64. The zero-order valence-corrected chi connectivity index (χ0v) is 12.1. The highest BCUT2D eigenvalue weighted by Crippen LogP contribution is 2.24. The molecule has 2 aromatic rings. The van der Waals surface area contributed by atoms with Gasteiger partial charge in [-0.25, -0.2) is 26.3 Å². The molecular formula is C15H8F6OS. The van der Waals surface area contributed by atoms with Gasteiger partial charge < -0.3 is 0 Å². The Balaban J connectivity index is 2.22. The van der Waals surface area contributed by atoms with E-state index in [1.54, 1.807) is 0 Å². The number of rotatable bonds is 4. The van der Waals surface area contributed by atoms with E-state index in [4.69, 9.17) is 0 Å². The van der Waals surface area contributed by atoms with Gasteiger partial charge >= 0.3 is 0 Å². The van der Waals surface area contributed by atoms with Crippen LogP contribution in [0.1, 0.15) is 11.1 Å². The molecule has 0 amide bonds. The average molecular weight is 350 g/mol. The molecule has 0 heterocycles. The zero-order chi connectivity index (χ0) is 17.1. The van der Waals surface area contributed by atoms with Crippen LogP contribution in [0.4, 0.5) is 26.3 Å². The number of halogens is 6. The Morgan fingerprint density at radius 2 is 1.26 bits per heavy atom. The minimum atomic E-state index is -2.27. The molecule has 0 fully saturated rings. The van der Waals surface area contributed by atoms with Gasteiger partial charge in [-0.05, 0) is 23.8 Å². The minimum Gasteiger partial charge on any atom is -0.255 e. The summed E-state index contributed by atoms with van der Waals surface area (Å²) in [6.45, 7) is 0. The topological polar surface area (TPSA) is 17.1 Å². The van der Waals surface area contributed by atoms with Crippen molar-refractivity contribution in [2.24, 2.45) is 0 Å². The van der Waals surface area contributed by atoms with E-state index in [1.807, 2.05) is 0 Å². The predicted molar refractivity (Wildman–Crippen MR) is 73.5 cm³/mol. The van der Waals surface area contributed by atoms with Crippen LogP contribution in [-0.2, 0) is 16.6 Å². The fraction of sp³-hybridized carbons (Fsp3) is 0.0667. The lowest BCUT2D eigenvalue weighted by atomic mass is 10.2. The molecule has 1 atom stereocenters. The lowest BCUT2D eigenvalue weighted by molar-refractivity contribution is 0.372. The molecule has 2 aromatic carbocycles. The molecule has 23 heavy (non-hydrogen) atoms. The number of hydrogen-bond donors (Lipinski definition) is 0. The molecule has 2 rings (SSSR count). The maximum absolute atomic E-state index is 13.4. The first kappa shape index (κ1) is 17.3. The van der Waals surface area contributed by atoms with Crippen LogP contribution < -0.4 is 0 Å². The summed E-state index contributed by atoms with van der Waals surface area (Å²) >= 11 is 0. The van der Waals surface area contributed by atoms with Crippen LogP contribution in [0, 0.1) is 34.9 Å². The van der Waals surface area contributed by atoms with E-state index in [1.165, 1.54) is 18.2 Å². The van der Waals surface area contributed by atoms with Gasteiger partial charge in [-0.3, -0.25) is 4.21 Å². The van der Waals surface area contributed by atoms with Gasteiger partial charge in [-0.15, -0.1) is 0 Å². The molecule has 0 saturated carbocycles. The Hall–Kier alpha value is -2.09. The zero-order valence-electron chi connectivity index (χ0n) is 11.3. The van der Waals surface area contributed by atoms with Crippen LogP contribution >= 0.6 is 0 Å². The summed E-state index contributed by atoms with van der Waals surface area (Å²) < 4.78 is 90.3. The maximum atomic E-state index is 13.4. The van der Waals surface area contributed by atoms with Crippen molar-refractivity contribution >= 4 is 16.9 Å². The second-order valence-corrected chi connectivity index (χ2v) is 5.75. The molecule has 0 aromatic heterocycles. The quantitative estimate of drug-likeness (QED) is 0.453. The normalized spacial score (nSPS) is 12.8. The largest absolute Gasteiger partial charge is 0.255 e. The molecule has 0 spiro atoms. The summed E-state index contributed by atoms with van der Waals surface area (Å²) in [6, 6.07) is 5.02. The van der Waals surface area contributed by atoms with Gasteiger partial charge in [-0.1, -0.05) is 12.1 Å². The highest BCUT2D eigenvalue weighted by molar-refractivity contribution is 7.87. The summed E-state index contributed by atoms with van der Waals surface area (Å²) in [5.41, 5.74) is -0.694. The monoisotopic (exact) mass is 350 g/mol. The van der Waals surface area contributed by atoms with E-state index < -0.39 is 57.0 Å². The average Bonchev–Trinajstić information content (AvgIpc) is 2.54. The van der Waals surface area contributed by atoms with Crippen molar-refractivity contribution in [2.45, 2.75) is 5.75 Å². The van der Waals surface area contributed by atoms with E-state index in [0.717, 1.165) is 17.5 Å². The SMILES string of the molecule is O=S(C=Cc1ccc(F)cc1)Cc1c(F)c(F)c(F)c(F)c1F. The Labute approximate surface area is 129 Å². The smallest absolute Gasteiger partial charge is 0.200 e. The number of hydrogen-bond acceptors (Lipinski definition) is 1. The third kappa shape index (κ3) is 3.82. The Bertz CT molecular complexity index is 757. The standard InChI is InChI=1S/C15H8F6OS/c16-9-3-1-8(2-4-9)5-6-23(22)7-10-11(17)13(19)15(21)14(20)12(10)18/h1-6H,7H2. The van der Waals surface area contributed by atoms with Crippen molar-refractivity contribution < 1.29 is 30.6 Å². The highest BCUT2D eigenvalue weighted by atomic mass is 32.2. The summed E-state index contributed by atoms with van der Waals surface area (Å²) in [4.78, 5) is 0. The van der Waals surface area contributed by atoms with Crippen LogP contribution in [0.2, 0.25) is 0 Å². The number of benzene rings is 2. The van der Waals surface area contributed by atoms with Crippen LogP contribution in [0.25, 0.3) is 6.08 Å². The maximum Gasteiger partial charge on any atom is 0.200 e. The third-order valence-corrected chi connectivity index (χ3v) is 3.88. The first-order valence-electron chi connectivity index (χ1n) is 6.12. The van der Waals surface area contributed by atoms with E-state index in [0.29, 0.717) is 5.56 Å². The highest BCUT2D eigenvalue weighted by Gasteiger charge is 2.26. The molecule has 0 radical (unpaired) electrons. The summed E-state index contributed by atoms with van der Waals surface area (Å²) in [7, 11) is -2.03. The van der Waals surface area contributed by atoms with Gasteiger partial charge in [0.25, 0.3) is 0 Å². The third-order valence-electron chi connectivity index (χ3n) is 2.87. The molecule has 0 bridgehead atoms. The molecule has 0 N–H and O–H groups in total. The lowest BCUT2D eigenvalue weighted by Gasteiger charge is -2.06. The van der Waals surface area contributed by atoms with Crippen LogP contribution in [-0.4, -0.2) is 4.21 Å². The second kappa shape index (κ2) is 6.99. The summed E-state index contributed by atoms with van der Waals surface area (Å²) in [5.74, 6) is -11.8. The molecule has 122 valence electrons. The van der Waals surface area contributed by atoms with Gasteiger partial charge in [0.05, 0.1) is 16.6 Å². The van der Waals surface area contributed by atoms with Gasteiger partial charge in [0, 0.05) is 11.0 Å². The van der Waals surface area contributed by atoms with E-state index in [-0.39, 0.29) is 0 Å². The Morgan fingerprint density at radius 3 is 1.78 bits per heavy atom. The second-order valence-electron chi connectivity index (χ2n) is 4.43. The minimum absolute atomic E-state index is 0.456. The molecular weight excluding hydrogens is 342 g/mol. The van der Waals surface area contributed by atoms with Gasteiger partial charge in [-0.2, -0.15) is 0 Å². The van der Waals surface area contributed by atoms with Crippen molar-refractivity contribution in [2.75, 3.05) is 0 Å². The van der Waals surface area contributed by atoms with Crippen LogP contribution in [0.3, 0.4) is 0 Å². The molecule has 1 nitrogen and oxygen atoms in total. The molecule has 1 unspecified atom stereocenters. The van der Waals surface area contributed by atoms with Crippen molar-refractivity contribution in [1.29, 1.82) is 0 Å². The molecule has 0 aliphatic heterocycles. The fourth-order valence-electron chi connectivity index (χ4n) is 1.70. The molecule has 0 aliphatic rings. The van der Waals surface area contributed by atoms with Crippen LogP contribution in [0.15, 0.2) is 29.7 Å². The van der Waals surface area contributed by atoms with Gasteiger partial charge in [0.2, 0.25) is 5.82 Å². The van der Waals surface area contributed by atoms with Crippen molar-refractivity contribution in [3.8, 4) is 0 Å². The van der Waals surface area contributed by atoms with Crippen molar-refractivity contribution in [3.63, 3.8) is 0 Å². The lowest BCUT2D eigenvalue weighted by Crippen LogP contribution is -2.08. The van der Waals surface area contributed by atoms with E-state index >= 15 is 0 Å². The van der Waals surface area contributed by atoms with E-state index in [2.05, 4.69) is 0 Å². The summed E-state index contributed by atoms with van der Waals surface area (Å²) in [6.07, 6.45) is 1.28. The predicted octanol–water partition coefficient (Wildman–Crippen LogP) is 4.44. The Morgan fingerprint density at radius 1 is 0.783 bits per heavy atom. The molecule has 8 heteroatoms.